The number of carbonyl (C=O) groups excluding carboxylic acids is 1. The summed E-state index contributed by atoms with van der Waals surface area (Å²) in [6.45, 7) is 5.57. The number of amides is 1. The van der Waals surface area contributed by atoms with Gasteiger partial charge in [0.15, 0.2) is 0 Å². The Morgan fingerprint density at radius 1 is 1.39 bits per heavy atom. The molecule has 0 bridgehead atoms. The standard InChI is InChI=1S/C16H20ClNO3S2/c1-9(2)16(15(20)21)8-11(4-5-12(16)17)18-14(19)13-10(3)22-6-7-23-13/h4-5,8-9,12H,6-7H2,1-3H3,(H,18,19)(H,20,21). The molecule has 0 aromatic heterocycles. The minimum absolute atomic E-state index is 0.188. The molecular weight excluding hydrogens is 354 g/mol. The van der Waals surface area contributed by atoms with Crippen LogP contribution in [0.25, 0.3) is 0 Å². The molecule has 1 heterocycles. The summed E-state index contributed by atoms with van der Waals surface area (Å²) in [4.78, 5) is 26.0. The van der Waals surface area contributed by atoms with E-state index in [-0.39, 0.29) is 11.8 Å². The molecule has 1 aliphatic heterocycles. The Hall–Kier alpha value is -0.850. The fourth-order valence-electron chi connectivity index (χ4n) is 2.64. The number of allylic oxidation sites excluding steroid dienone is 3. The predicted octanol–water partition coefficient (Wildman–Crippen LogP) is 3.60. The summed E-state index contributed by atoms with van der Waals surface area (Å²) >= 11 is 9.47. The van der Waals surface area contributed by atoms with Crippen molar-refractivity contribution in [2.24, 2.45) is 11.3 Å². The van der Waals surface area contributed by atoms with Gasteiger partial charge in [0, 0.05) is 22.1 Å². The number of halogens is 1. The molecule has 1 aliphatic carbocycles. The second kappa shape index (κ2) is 7.36. The average molecular weight is 374 g/mol. The molecule has 2 atom stereocenters. The van der Waals surface area contributed by atoms with E-state index in [1.165, 1.54) is 11.8 Å². The first-order valence-electron chi connectivity index (χ1n) is 7.35. The number of aliphatic carboxylic acids is 1. The molecule has 0 spiro atoms. The molecule has 0 fully saturated rings. The summed E-state index contributed by atoms with van der Waals surface area (Å²) < 4.78 is 0. The molecule has 2 N–H and O–H groups in total. The number of hydrogen-bond acceptors (Lipinski definition) is 4. The molecule has 2 unspecified atom stereocenters. The predicted molar refractivity (Wildman–Crippen MR) is 97.5 cm³/mol. The van der Waals surface area contributed by atoms with E-state index in [2.05, 4.69) is 5.32 Å². The van der Waals surface area contributed by atoms with Crippen LogP contribution in [0.4, 0.5) is 0 Å². The lowest BCUT2D eigenvalue weighted by Gasteiger charge is -2.36. The van der Waals surface area contributed by atoms with Crippen LogP contribution >= 0.6 is 35.1 Å². The highest BCUT2D eigenvalue weighted by Gasteiger charge is 2.47. The third-order valence-electron chi connectivity index (χ3n) is 4.05. The molecule has 7 heteroatoms. The van der Waals surface area contributed by atoms with Gasteiger partial charge in [-0.3, -0.25) is 9.59 Å². The topological polar surface area (TPSA) is 66.4 Å². The molecule has 23 heavy (non-hydrogen) atoms. The van der Waals surface area contributed by atoms with Crippen molar-refractivity contribution in [2.75, 3.05) is 11.5 Å². The van der Waals surface area contributed by atoms with Crippen molar-refractivity contribution in [3.8, 4) is 0 Å². The smallest absolute Gasteiger partial charge is 0.315 e. The van der Waals surface area contributed by atoms with Crippen LogP contribution in [0.3, 0.4) is 0 Å². The van der Waals surface area contributed by atoms with Crippen LogP contribution in [-0.4, -0.2) is 33.9 Å². The van der Waals surface area contributed by atoms with Gasteiger partial charge in [0.2, 0.25) is 0 Å². The minimum atomic E-state index is -1.23. The van der Waals surface area contributed by atoms with E-state index in [0.717, 1.165) is 16.4 Å². The van der Waals surface area contributed by atoms with Crippen LogP contribution in [-0.2, 0) is 9.59 Å². The van der Waals surface area contributed by atoms with Gasteiger partial charge in [-0.05, 0) is 25.0 Å². The Bertz CT molecular complexity index is 612. The van der Waals surface area contributed by atoms with Crippen LogP contribution in [0, 0.1) is 11.3 Å². The van der Waals surface area contributed by atoms with Crippen molar-refractivity contribution in [3.63, 3.8) is 0 Å². The number of carbonyl (C=O) groups is 2. The monoisotopic (exact) mass is 373 g/mol. The molecule has 4 nitrogen and oxygen atoms in total. The summed E-state index contributed by atoms with van der Waals surface area (Å²) in [7, 11) is 0. The summed E-state index contributed by atoms with van der Waals surface area (Å²) in [5, 5.41) is 11.9. The Morgan fingerprint density at radius 3 is 2.61 bits per heavy atom. The zero-order valence-corrected chi connectivity index (χ0v) is 15.6. The maximum atomic E-state index is 12.5. The van der Waals surface area contributed by atoms with E-state index in [4.69, 9.17) is 11.6 Å². The highest BCUT2D eigenvalue weighted by Crippen LogP contribution is 2.41. The number of alkyl halides is 1. The third kappa shape index (κ3) is 3.64. The second-order valence-electron chi connectivity index (χ2n) is 5.79. The number of hydrogen-bond donors (Lipinski definition) is 2. The Labute approximate surface area is 149 Å². The Kier molecular flexibility index (Phi) is 5.92. The van der Waals surface area contributed by atoms with Gasteiger partial charge < -0.3 is 10.4 Å². The SMILES string of the molecule is CC1=C(C(=O)NC2=CC(C(=O)O)(C(C)C)C(Cl)C=C2)SCCS1. The fraction of sp³-hybridized carbons (Fsp3) is 0.500. The molecule has 0 aromatic carbocycles. The molecule has 2 rings (SSSR count). The van der Waals surface area contributed by atoms with Gasteiger partial charge in [-0.15, -0.1) is 35.1 Å². The van der Waals surface area contributed by atoms with E-state index in [1.54, 1.807) is 30.0 Å². The van der Waals surface area contributed by atoms with E-state index < -0.39 is 16.8 Å². The van der Waals surface area contributed by atoms with Crippen LogP contribution in [0.15, 0.2) is 33.7 Å². The lowest BCUT2D eigenvalue weighted by atomic mass is 9.71. The van der Waals surface area contributed by atoms with Gasteiger partial charge in [-0.25, -0.2) is 0 Å². The quantitative estimate of drug-likeness (QED) is 0.737. The normalized spacial score (nSPS) is 27.9. The Balaban J connectivity index is 2.28. The van der Waals surface area contributed by atoms with E-state index in [0.29, 0.717) is 10.6 Å². The number of thioether (sulfide) groups is 2. The number of carboxylic acids is 1. The number of carboxylic acid groups (broad SMARTS) is 1. The zero-order chi connectivity index (χ0) is 17.2. The van der Waals surface area contributed by atoms with Gasteiger partial charge in [0.1, 0.15) is 5.41 Å². The highest BCUT2D eigenvalue weighted by atomic mass is 35.5. The van der Waals surface area contributed by atoms with Crippen molar-refractivity contribution < 1.29 is 14.7 Å². The van der Waals surface area contributed by atoms with Crippen molar-refractivity contribution >= 4 is 47.0 Å². The molecule has 0 aromatic rings. The van der Waals surface area contributed by atoms with Crippen LogP contribution in [0.5, 0.6) is 0 Å². The van der Waals surface area contributed by atoms with Gasteiger partial charge in [0.25, 0.3) is 5.91 Å². The van der Waals surface area contributed by atoms with Gasteiger partial charge in [0.05, 0.1) is 10.3 Å². The fourth-order valence-corrected chi connectivity index (χ4v) is 5.26. The molecule has 0 radical (unpaired) electrons. The van der Waals surface area contributed by atoms with Gasteiger partial charge in [-0.2, -0.15) is 0 Å². The molecule has 0 saturated heterocycles. The van der Waals surface area contributed by atoms with E-state index in [1.807, 2.05) is 20.8 Å². The third-order valence-corrected chi connectivity index (χ3v) is 7.18. The summed E-state index contributed by atoms with van der Waals surface area (Å²) in [6, 6.07) is 0. The second-order valence-corrected chi connectivity index (χ2v) is 8.67. The molecule has 2 aliphatic rings. The molecular formula is C16H20ClNO3S2. The summed E-state index contributed by atoms with van der Waals surface area (Å²) in [6.07, 6.45) is 4.89. The van der Waals surface area contributed by atoms with E-state index in [9.17, 15) is 14.7 Å². The highest BCUT2D eigenvalue weighted by molar-refractivity contribution is 8.10. The lowest BCUT2D eigenvalue weighted by molar-refractivity contribution is -0.148. The maximum Gasteiger partial charge on any atom is 0.315 e. The van der Waals surface area contributed by atoms with Crippen LogP contribution < -0.4 is 5.32 Å². The average Bonchev–Trinajstić information content (AvgIpc) is 2.48. The maximum absolute atomic E-state index is 12.5. The first-order chi connectivity index (χ1) is 10.8. The number of nitrogens with one attached hydrogen (secondary N) is 1. The summed E-state index contributed by atoms with van der Waals surface area (Å²) in [5.41, 5.74) is -0.740. The number of rotatable bonds is 4. The van der Waals surface area contributed by atoms with Crippen molar-refractivity contribution in [2.45, 2.75) is 26.1 Å². The van der Waals surface area contributed by atoms with Gasteiger partial charge in [-0.1, -0.05) is 19.9 Å². The van der Waals surface area contributed by atoms with Gasteiger partial charge >= 0.3 is 5.97 Å². The minimum Gasteiger partial charge on any atom is -0.481 e. The molecule has 126 valence electrons. The summed E-state index contributed by atoms with van der Waals surface area (Å²) in [5.74, 6) is 0.515. The van der Waals surface area contributed by atoms with Crippen LogP contribution in [0.2, 0.25) is 0 Å². The first-order valence-corrected chi connectivity index (χ1v) is 9.76. The molecule has 0 saturated carbocycles. The van der Waals surface area contributed by atoms with Crippen LogP contribution in [0.1, 0.15) is 20.8 Å². The largest absolute Gasteiger partial charge is 0.481 e. The lowest BCUT2D eigenvalue weighted by Crippen LogP contribution is -2.44. The molecule has 1 amide bonds. The van der Waals surface area contributed by atoms with Crippen molar-refractivity contribution in [3.05, 3.63) is 33.7 Å². The van der Waals surface area contributed by atoms with E-state index >= 15 is 0 Å². The van der Waals surface area contributed by atoms with Crippen molar-refractivity contribution in [1.82, 2.24) is 5.32 Å². The van der Waals surface area contributed by atoms with Crippen molar-refractivity contribution in [1.29, 1.82) is 0 Å². The Morgan fingerprint density at radius 2 is 2.04 bits per heavy atom. The first kappa shape index (κ1) is 18.5. The zero-order valence-electron chi connectivity index (χ0n) is 13.3.